The standard InChI is InChI=1S/C37H22N3S.Ir/c1-2-11-27(12-3-1)40-33-16-7-6-14-29(33)31-22-25(17-18-34(31)40)24-9-8-10-26(21-24)35-23-32-28-13-4-5-15-30(28)36-38-19-20-39(36)37(32)41-35;/h1-14,16-23H;/q-1;. The van der Waals surface area contributed by atoms with Crippen LogP contribution in [0.5, 0.6) is 0 Å². The Hall–Kier alpha value is -4.54. The average Bonchev–Trinajstić information content (AvgIpc) is 3.78. The first kappa shape index (κ1) is 25.2. The SMILES string of the molecule is [Ir].[c-]1cccc2c1c1nccn1c1sc(-c3cccc(-c4ccc5c(c4)c4ccccc4n5-c4ccccc4)c3)cc21. The molecule has 0 spiro atoms. The molecule has 42 heavy (non-hydrogen) atoms. The molecule has 9 aromatic rings. The first-order chi connectivity index (χ1) is 20.3. The second-order valence-corrected chi connectivity index (χ2v) is 11.4. The van der Waals surface area contributed by atoms with Gasteiger partial charge in [0.2, 0.25) is 0 Å². The van der Waals surface area contributed by atoms with Gasteiger partial charge in [0.05, 0.1) is 21.5 Å². The summed E-state index contributed by atoms with van der Waals surface area (Å²) in [6, 6.07) is 47.0. The maximum absolute atomic E-state index is 4.64. The van der Waals surface area contributed by atoms with Gasteiger partial charge in [0.25, 0.3) is 0 Å². The predicted octanol–water partition coefficient (Wildman–Crippen LogP) is 9.93. The Bertz CT molecular complexity index is 2430. The van der Waals surface area contributed by atoms with Gasteiger partial charge < -0.3 is 8.97 Å². The minimum Gasteiger partial charge on any atom is -0.332 e. The Morgan fingerprint density at radius 3 is 2.33 bits per heavy atom. The normalized spacial score (nSPS) is 11.6. The van der Waals surface area contributed by atoms with Gasteiger partial charge in [-0.25, -0.2) is 0 Å². The number of pyridine rings is 1. The van der Waals surface area contributed by atoms with Gasteiger partial charge >= 0.3 is 0 Å². The van der Waals surface area contributed by atoms with E-state index in [4.69, 9.17) is 0 Å². The minimum absolute atomic E-state index is 0. The number of fused-ring (bicyclic) bond motifs is 9. The molecule has 201 valence electrons. The number of imidazole rings is 1. The number of nitrogens with zero attached hydrogens (tertiary/aromatic N) is 3. The second-order valence-electron chi connectivity index (χ2n) is 10.4. The van der Waals surface area contributed by atoms with Crippen molar-refractivity contribution in [1.82, 2.24) is 14.0 Å². The summed E-state index contributed by atoms with van der Waals surface area (Å²) < 4.78 is 4.56. The molecule has 5 heteroatoms. The Morgan fingerprint density at radius 2 is 1.40 bits per heavy atom. The van der Waals surface area contributed by atoms with Gasteiger partial charge in [0, 0.05) is 53.8 Å². The number of rotatable bonds is 3. The van der Waals surface area contributed by atoms with E-state index in [1.807, 2.05) is 23.6 Å². The van der Waals surface area contributed by atoms with Gasteiger partial charge in [-0.3, -0.25) is 4.98 Å². The number of para-hydroxylation sites is 2. The van der Waals surface area contributed by atoms with Crippen molar-refractivity contribution in [3.05, 3.63) is 140 Å². The molecule has 9 rings (SSSR count). The van der Waals surface area contributed by atoms with Crippen LogP contribution >= 0.6 is 11.3 Å². The maximum Gasteiger partial charge on any atom is 0.0913 e. The molecule has 0 unspecified atom stereocenters. The average molecular weight is 733 g/mol. The Morgan fingerprint density at radius 1 is 0.619 bits per heavy atom. The topological polar surface area (TPSA) is 22.2 Å². The third kappa shape index (κ3) is 3.72. The minimum atomic E-state index is 0. The van der Waals surface area contributed by atoms with E-state index < -0.39 is 0 Å². The molecule has 5 aromatic carbocycles. The van der Waals surface area contributed by atoms with E-state index in [9.17, 15) is 0 Å². The van der Waals surface area contributed by atoms with Crippen molar-refractivity contribution < 1.29 is 20.1 Å². The van der Waals surface area contributed by atoms with Crippen molar-refractivity contribution in [2.24, 2.45) is 0 Å². The molecule has 0 saturated carbocycles. The summed E-state index contributed by atoms with van der Waals surface area (Å²) in [7, 11) is 0. The molecule has 3 nitrogen and oxygen atoms in total. The molecule has 0 aliphatic carbocycles. The smallest absolute Gasteiger partial charge is 0.0913 e. The molecule has 0 saturated heterocycles. The summed E-state index contributed by atoms with van der Waals surface area (Å²) in [4.78, 5) is 7.09. The second kappa shape index (κ2) is 9.78. The van der Waals surface area contributed by atoms with Crippen molar-refractivity contribution in [2.45, 2.75) is 0 Å². The molecule has 0 fully saturated rings. The van der Waals surface area contributed by atoms with Gasteiger partial charge in [-0.15, -0.1) is 41.0 Å². The number of hydrogen-bond acceptors (Lipinski definition) is 2. The molecular weight excluding hydrogens is 711 g/mol. The Kier molecular flexibility index (Phi) is 5.87. The number of benzene rings is 5. The fourth-order valence-corrected chi connectivity index (χ4v) is 7.41. The molecule has 0 N–H and O–H groups in total. The summed E-state index contributed by atoms with van der Waals surface area (Å²) in [5.41, 5.74) is 8.22. The summed E-state index contributed by atoms with van der Waals surface area (Å²) in [6.45, 7) is 0. The van der Waals surface area contributed by atoms with Gasteiger partial charge in [-0.1, -0.05) is 66.0 Å². The zero-order valence-electron chi connectivity index (χ0n) is 22.3. The van der Waals surface area contributed by atoms with Gasteiger partial charge in [-0.05, 0) is 64.5 Å². The molecule has 0 atom stereocenters. The summed E-state index contributed by atoms with van der Waals surface area (Å²) >= 11 is 1.81. The van der Waals surface area contributed by atoms with Crippen LogP contribution in [0.4, 0.5) is 0 Å². The largest absolute Gasteiger partial charge is 0.332 e. The zero-order valence-corrected chi connectivity index (χ0v) is 25.5. The summed E-state index contributed by atoms with van der Waals surface area (Å²) in [5, 5.41) is 6.02. The van der Waals surface area contributed by atoms with E-state index in [1.54, 1.807) is 0 Å². The number of aromatic nitrogens is 3. The van der Waals surface area contributed by atoms with Crippen molar-refractivity contribution >= 4 is 59.8 Å². The third-order valence-corrected chi connectivity index (χ3v) is 9.29. The monoisotopic (exact) mass is 733 g/mol. The fourth-order valence-electron chi connectivity index (χ4n) is 6.25. The van der Waals surface area contributed by atoms with Crippen molar-refractivity contribution in [3.8, 4) is 27.3 Å². The molecule has 4 heterocycles. The molecule has 4 aromatic heterocycles. The maximum atomic E-state index is 4.64. The van der Waals surface area contributed by atoms with Crippen LogP contribution in [0.25, 0.3) is 75.7 Å². The van der Waals surface area contributed by atoms with E-state index in [-0.39, 0.29) is 20.1 Å². The molecule has 0 aliphatic rings. The van der Waals surface area contributed by atoms with E-state index in [2.05, 4.69) is 141 Å². The van der Waals surface area contributed by atoms with Crippen LogP contribution < -0.4 is 0 Å². The number of thiophene rings is 1. The summed E-state index contributed by atoms with van der Waals surface area (Å²) in [5.74, 6) is 0. The third-order valence-electron chi connectivity index (χ3n) is 8.11. The fraction of sp³-hybridized carbons (Fsp3) is 0. The Balaban J connectivity index is 0.00000267. The first-order valence-electron chi connectivity index (χ1n) is 13.7. The van der Waals surface area contributed by atoms with Crippen LogP contribution in [-0.4, -0.2) is 14.0 Å². The number of hydrogen-bond donors (Lipinski definition) is 0. The van der Waals surface area contributed by atoms with Gasteiger partial charge in [0.15, 0.2) is 0 Å². The van der Waals surface area contributed by atoms with Gasteiger partial charge in [-0.2, -0.15) is 0 Å². The van der Waals surface area contributed by atoms with Crippen molar-refractivity contribution in [1.29, 1.82) is 0 Å². The van der Waals surface area contributed by atoms with Crippen LogP contribution in [0.1, 0.15) is 0 Å². The van der Waals surface area contributed by atoms with E-state index in [1.165, 1.54) is 64.7 Å². The van der Waals surface area contributed by atoms with Crippen molar-refractivity contribution in [2.75, 3.05) is 0 Å². The van der Waals surface area contributed by atoms with Gasteiger partial charge in [0.1, 0.15) is 0 Å². The van der Waals surface area contributed by atoms with E-state index >= 15 is 0 Å². The van der Waals surface area contributed by atoms with Crippen molar-refractivity contribution in [3.63, 3.8) is 0 Å². The van der Waals surface area contributed by atoms with Crippen LogP contribution in [0.15, 0.2) is 134 Å². The van der Waals surface area contributed by atoms with Crippen LogP contribution in [0.2, 0.25) is 0 Å². The van der Waals surface area contributed by atoms with E-state index in [0.29, 0.717) is 0 Å². The molecule has 0 aliphatic heterocycles. The molecule has 0 amide bonds. The van der Waals surface area contributed by atoms with E-state index in [0.717, 1.165) is 11.0 Å². The molecule has 1 radical (unpaired) electrons. The molecular formula is C37H22IrN3S-. The summed E-state index contributed by atoms with van der Waals surface area (Å²) in [6.07, 6.45) is 3.93. The van der Waals surface area contributed by atoms with Crippen LogP contribution in [0.3, 0.4) is 0 Å². The van der Waals surface area contributed by atoms with Crippen LogP contribution in [0, 0.1) is 6.07 Å². The first-order valence-corrected chi connectivity index (χ1v) is 14.5. The predicted molar refractivity (Wildman–Crippen MR) is 172 cm³/mol. The molecule has 0 bridgehead atoms. The van der Waals surface area contributed by atoms with Crippen LogP contribution in [-0.2, 0) is 20.1 Å². The Labute approximate surface area is 259 Å². The zero-order chi connectivity index (χ0) is 26.9. The quantitative estimate of drug-likeness (QED) is 0.166.